The molecular formula is C15H21FN2O. The Kier molecular flexibility index (Phi) is 4.53. The van der Waals surface area contributed by atoms with Crippen molar-refractivity contribution in [1.82, 2.24) is 4.90 Å². The smallest absolute Gasteiger partial charge is 0.146 e. The third-order valence-corrected chi connectivity index (χ3v) is 3.83. The van der Waals surface area contributed by atoms with Crippen LogP contribution in [0.4, 0.5) is 10.1 Å². The maximum Gasteiger partial charge on any atom is 0.146 e. The average Bonchev–Trinajstić information content (AvgIpc) is 2.40. The van der Waals surface area contributed by atoms with Crippen LogP contribution in [-0.2, 0) is 4.79 Å². The first-order valence-corrected chi connectivity index (χ1v) is 6.78. The number of benzene rings is 1. The second kappa shape index (κ2) is 6.15. The molecule has 0 aromatic heterocycles. The first-order valence-electron chi connectivity index (χ1n) is 6.78. The van der Waals surface area contributed by atoms with Crippen LogP contribution in [0.25, 0.3) is 0 Å². The van der Waals surface area contributed by atoms with Gasteiger partial charge >= 0.3 is 0 Å². The van der Waals surface area contributed by atoms with Crippen LogP contribution >= 0.6 is 0 Å². The molecule has 0 radical (unpaired) electrons. The molecule has 0 spiro atoms. The number of carbonyl (C=O) groups is 1. The van der Waals surface area contributed by atoms with Crippen LogP contribution in [0.15, 0.2) is 18.2 Å². The molecule has 1 aliphatic heterocycles. The highest BCUT2D eigenvalue weighted by Crippen LogP contribution is 2.26. The molecule has 3 nitrogen and oxygen atoms in total. The fourth-order valence-corrected chi connectivity index (χ4v) is 2.41. The minimum Gasteiger partial charge on any atom is -0.367 e. The Balaban J connectivity index is 2.13. The summed E-state index contributed by atoms with van der Waals surface area (Å²) in [4.78, 5) is 14.8. The van der Waals surface area contributed by atoms with Gasteiger partial charge in [-0.25, -0.2) is 4.39 Å². The summed E-state index contributed by atoms with van der Waals surface area (Å²) in [6.45, 7) is 5.58. The van der Waals surface area contributed by atoms with Crippen LogP contribution in [-0.4, -0.2) is 44.4 Å². The molecule has 0 aliphatic carbocycles. The number of hydrogen-bond acceptors (Lipinski definition) is 3. The van der Waals surface area contributed by atoms with Gasteiger partial charge in [0.15, 0.2) is 0 Å². The lowest BCUT2D eigenvalue weighted by Crippen LogP contribution is -2.44. The highest BCUT2D eigenvalue weighted by atomic mass is 19.1. The fraction of sp³-hybridized carbons (Fsp3) is 0.533. The van der Waals surface area contributed by atoms with E-state index >= 15 is 0 Å². The van der Waals surface area contributed by atoms with Crippen molar-refractivity contribution in [3.63, 3.8) is 0 Å². The number of nitrogens with zero attached hydrogens (tertiary/aromatic N) is 2. The van der Waals surface area contributed by atoms with Gasteiger partial charge in [0.2, 0.25) is 0 Å². The number of anilines is 1. The molecular weight excluding hydrogens is 243 g/mol. The molecule has 0 N–H and O–H groups in total. The maximum atomic E-state index is 14.2. The average molecular weight is 264 g/mol. The number of hydrogen-bond donors (Lipinski definition) is 0. The molecule has 1 heterocycles. The molecule has 1 aromatic carbocycles. The number of aldehydes is 1. The number of piperazine rings is 1. The maximum absolute atomic E-state index is 14.2. The van der Waals surface area contributed by atoms with E-state index in [2.05, 4.69) is 16.8 Å². The zero-order valence-corrected chi connectivity index (χ0v) is 11.6. The molecule has 0 saturated carbocycles. The zero-order valence-electron chi connectivity index (χ0n) is 11.6. The van der Waals surface area contributed by atoms with E-state index in [-0.39, 0.29) is 11.7 Å². The Morgan fingerprint density at radius 3 is 2.58 bits per heavy atom. The minimum atomic E-state index is -0.181. The monoisotopic (exact) mass is 264 g/mol. The van der Waals surface area contributed by atoms with Crippen molar-refractivity contribution in [3.8, 4) is 0 Å². The largest absolute Gasteiger partial charge is 0.367 e. The molecule has 1 saturated heterocycles. The van der Waals surface area contributed by atoms with Gasteiger partial charge in [0.05, 0.1) is 5.69 Å². The number of halogens is 1. The summed E-state index contributed by atoms with van der Waals surface area (Å²) < 4.78 is 14.2. The van der Waals surface area contributed by atoms with Crippen LogP contribution in [0.2, 0.25) is 0 Å². The molecule has 4 heteroatoms. The fourth-order valence-electron chi connectivity index (χ4n) is 2.41. The van der Waals surface area contributed by atoms with Crippen molar-refractivity contribution < 1.29 is 9.18 Å². The van der Waals surface area contributed by atoms with Gasteiger partial charge in [-0.2, -0.15) is 0 Å². The standard InChI is InChI=1S/C15H21FN2O/c1-12(5-10-19)13-3-4-15(14(16)11-13)18-8-6-17(2)7-9-18/h3-4,10-12H,5-9H2,1-2H3. The molecule has 1 fully saturated rings. The third-order valence-electron chi connectivity index (χ3n) is 3.83. The molecule has 1 atom stereocenters. The van der Waals surface area contributed by atoms with Crippen LogP contribution in [0.1, 0.15) is 24.8 Å². The van der Waals surface area contributed by atoms with E-state index in [1.165, 1.54) is 0 Å². The Hall–Kier alpha value is -1.42. The minimum absolute atomic E-state index is 0.0774. The highest BCUT2D eigenvalue weighted by molar-refractivity contribution is 5.53. The lowest BCUT2D eigenvalue weighted by molar-refractivity contribution is -0.108. The summed E-state index contributed by atoms with van der Waals surface area (Å²) in [5, 5.41) is 0. The van der Waals surface area contributed by atoms with Crippen molar-refractivity contribution in [2.75, 3.05) is 38.1 Å². The number of carbonyl (C=O) groups excluding carboxylic acids is 1. The molecule has 19 heavy (non-hydrogen) atoms. The van der Waals surface area contributed by atoms with Gasteiger partial charge in [-0.05, 0) is 30.7 Å². The van der Waals surface area contributed by atoms with Gasteiger partial charge in [-0.3, -0.25) is 0 Å². The van der Waals surface area contributed by atoms with Gasteiger partial charge in [0, 0.05) is 32.6 Å². The van der Waals surface area contributed by atoms with Crippen molar-refractivity contribution >= 4 is 12.0 Å². The zero-order chi connectivity index (χ0) is 13.8. The molecule has 2 rings (SSSR count). The van der Waals surface area contributed by atoms with Gasteiger partial charge in [0.25, 0.3) is 0 Å². The Labute approximate surface area is 114 Å². The van der Waals surface area contributed by atoms with E-state index in [0.29, 0.717) is 12.1 Å². The summed E-state index contributed by atoms with van der Waals surface area (Å²) in [6, 6.07) is 5.35. The SMILES string of the molecule is CC(CC=O)c1ccc(N2CCN(C)CC2)c(F)c1. The molecule has 1 aromatic rings. The third kappa shape index (κ3) is 3.32. The Bertz CT molecular complexity index is 442. The molecule has 0 bridgehead atoms. The van der Waals surface area contributed by atoms with E-state index in [1.807, 2.05) is 19.1 Å². The molecule has 1 aliphatic rings. The van der Waals surface area contributed by atoms with Gasteiger partial charge < -0.3 is 14.6 Å². The molecule has 1 unspecified atom stereocenters. The predicted octanol–water partition coefficient (Wildman–Crippen LogP) is 2.27. The quantitative estimate of drug-likeness (QED) is 0.779. The lowest BCUT2D eigenvalue weighted by Gasteiger charge is -2.34. The van der Waals surface area contributed by atoms with Crippen molar-refractivity contribution in [1.29, 1.82) is 0 Å². The van der Waals surface area contributed by atoms with E-state index in [0.717, 1.165) is 38.0 Å². The Morgan fingerprint density at radius 2 is 2.00 bits per heavy atom. The van der Waals surface area contributed by atoms with E-state index in [4.69, 9.17) is 0 Å². The summed E-state index contributed by atoms with van der Waals surface area (Å²) in [5.74, 6) is -0.103. The Morgan fingerprint density at radius 1 is 1.32 bits per heavy atom. The van der Waals surface area contributed by atoms with Gasteiger partial charge in [-0.15, -0.1) is 0 Å². The van der Waals surface area contributed by atoms with E-state index in [1.54, 1.807) is 6.07 Å². The second-order valence-electron chi connectivity index (χ2n) is 5.30. The number of rotatable bonds is 4. The first kappa shape index (κ1) is 14.0. The number of likely N-dealkylation sites (N-methyl/N-ethyl adjacent to an activating group) is 1. The van der Waals surface area contributed by atoms with E-state index in [9.17, 15) is 9.18 Å². The second-order valence-corrected chi connectivity index (χ2v) is 5.30. The van der Waals surface area contributed by atoms with Crippen molar-refractivity contribution in [2.45, 2.75) is 19.3 Å². The summed E-state index contributed by atoms with van der Waals surface area (Å²) in [6.07, 6.45) is 1.32. The lowest BCUT2D eigenvalue weighted by atomic mass is 9.98. The summed E-state index contributed by atoms with van der Waals surface area (Å²) in [5.41, 5.74) is 1.57. The highest BCUT2D eigenvalue weighted by Gasteiger charge is 2.18. The normalized spacial score (nSPS) is 18.4. The summed E-state index contributed by atoms with van der Waals surface area (Å²) >= 11 is 0. The topological polar surface area (TPSA) is 23.6 Å². The summed E-state index contributed by atoms with van der Waals surface area (Å²) in [7, 11) is 2.08. The van der Waals surface area contributed by atoms with Gasteiger partial charge in [0.1, 0.15) is 12.1 Å². The van der Waals surface area contributed by atoms with Gasteiger partial charge in [-0.1, -0.05) is 13.0 Å². The van der Waals surface area contributed by atoms with E-state index < -0.39 is 0 Å². The first-order chi connectivity index (χ1) is 9.11. The van der Waals surface area contributed by atoms with Crippen LogP contribution in [0.5, 0.6) is 0 Å². The predicted molar refractivity (Wildman–Crippen MR) is 75.2 cm³/mol. The van der Waals surface area contributed by atoms with Crippen LogP contribution < -0.4 is 4.90 Å². The van der Waals surface area contributed by atoms with Crippen LogP contribution in [0.3, 0.4) is 0 Å². The van der Waals surface area contributed by atoms with Crippen molar-refractivity contribution in [2.24, 2.45) is 0 Å². The van der Waals surface area contributed by atoms with Crippen molar-refractivity contribution in [3.05, 3.63) is 29.6 Å². The van der Waals surface area contributed by atoms with Crippen LogP contribution in [0, 0.1) is 5.82 Å². The molecule has 0 amide bonds. The molecule has 104 valence electrons.